The molecule has 1 aromatic heterocycles. The highest BCUT2D eigenvalue weighted by Crippen LogP contribution is 2.15. The van der Waals surface area contributed by atoms with Gasteiger partial charge in [-0.2, -0.15) is 0 Å². The van der Waals surface area contributed by atoms with Crippen molar-refractivity contribution in [2.24, 2.45) is 0 Å². The lowest BCUT2D eigenvalue weighted by Crippen LogP contribution is -1.76. The van der Waals surface area contributed by atoms with Crippen LogP contribution in [0.4, 0.5) is 0 Å². The average molecular weight is 182 g/mol. The standard InChI is InChI=1S/C8H10N2OS/c1-3-4-5-6-12-8-10-9-7(2)11-8/h5-6H2,1-2H3. The van der Waals surface area contributed by atoms with E-state index in [0.29, 0.717) is 11.1 Å². The fourth-order valence-electron chi connectivity index (χ4n) is 0.651. The molecule has 0 amide bonds. The Labute approximate surface area is 75.9 Å². The van der Waals surface area contributed by atoms with Crippen LogP contribution >= 0.6 is 11.8 Å². The van der Waals surface area contributed by atoms with E-state index in [1.807, 2.05) is 6.92 Å². The number of nitrogens with zero attached hydrogens (tertiary/aromatic N) is 2. The predicted molar refractivity (Wildman–Crippen MR) is 47.8 cm³/mol. The summed E-state index contributed by atoms with van der Waals surface area (Å²) in [5.74, 6) is 7.31. The topological polar surface area (TPSA) is 38.9 Å². The molecule has 0 unspecified atom stereocenters. The van der Waals surface area contributed by atoms with Crippen molar-refractivity contribution < 1.29 is 4.42 Å². The minimum absolute atomic E-state index is 0.610. The van der Waals surface area contributed by atoms with Crippen LogP contribution in [-0.4, -0.2) is 16.0 Å². The molecule has 0 aliphatic carbocycles. The van der Waals surface area contributed by atoms with Gasteiger partial charge in [0, 0.05) is 19.1 Å². The van der Waals surface area contributed by atoms with Crippen molar-refractivity contribution in [3.63, 3.8) is 0 Å². The summed E-state index contributed by atoms with van der Waals surface area (Å²) in [4.78, 5) is 0. The van der Waals surface area contributed by atoms with E-state index >= 15 is 0 Å². The first kappa shape index (κ1) is 9.14. The smallest absolute Gasteiger partial charge is 0.276 e. The number of thioether (sulfide) groups is 1. The fourth-order valence-corrected chi connectivity index (χ4v) is 1.31. The van der Waals surface area contributed by atoms with Crippen LogP contribution in [-0.2, 0) is 0 Å². The van der Waals surface area contributed by atoms with E-state index < -0.39 is 0 Å². The lowest BCUT2D eigenvalue weighted by atomic mass is 10.5. The molecule has 12 heavy (non-hydrogen) atoms. The summed E-state index contributed by atoms with van der Waals surface area (Å²) in [7, 11) is 0. The van der Waals surface area contributed by atoms with Gasteiger partial charge >= 0.3 is 0 Å². The SMILES string of the molecule is CC#CCCSc1nnc(C)o1. The maximum absolute atomic E-state index is 5.16. The third-order valence-corrected chi connectivity index (χ3v) is 1.96. The van der Waals surface area contributed by atoms with E-state index in [1.165, 1.54) is 11.8 Å². The van der Waals surface area contributed by atoms with Gasteiger partial charge in [0.15, 0.2) is 0 Å². The zero-order chi connectivity index (χ0) is 8.81. The van der Waals surface area contributed by atoms with Crippen LogP contribution in [0.3, 0.4) is 0 Å². The van der Waals surface area contributed by atoms with E-state index in [1.54, 1.807) is 6.92 Å². The Morgan fingerprint density at radius 1 is 1.50 bits per heavy atom. The van der Waals surface area contributed by atoms with E-state index in [4.69, 9.17) is 4.42 Å². The largest absolute Gasteiger partial charge is 0.416 e. The van der Waals surface area contributed by atoms with Crippen LogP contribution in [0.15, 0.2) is 9.64 Å². The zero-order valence-electron chi connectivity index (χ0n) is 7.13. The molecule has 0 saturated heterocycles. The molecule has 0 bridgehead atoms. The van der Waals surface area contributed by atoms with Crippen molar-refractivity contribution in [2.75, 3.05) is 5.75 Å². The molecule has 3 nitrogen and oxygen atoms in total. The number of hydrogen-bond acceptors (Lipinski definition) is 4. The van der Waals surface area contributed by atoms with Crippen molar-refractivity contribution in [1.29, 1.82) is 0 Å². The molecule has 0 aromatic carbocycles. The van der Waals surface area contributed by atoms with Gasteiger partial charge in [-0.25, -0.2) is 0 Å². The minimum Gasteiger partial charge on any atom is -0.416 e. The number of aromatic nitrogens is 2. The Morgan fingerprint density at radius 3 is 2.92 bits per heavy atom. The van der Waals surface area contributed by atoms with Crippen LogP contribution in [0.1, 0.15) is 19.2 Å². The van der Waals surface area contributed by atoms with E-state index in [2.05, 4.69) is 22.0 Å². The van der Waals surface area contributed by atoms with Gasteiger partial charge in [-0.05, 0) is 6.92 Å². The first-order valence-corrected chi connectivity index (χ1v) is 4.64. The molecule has 0 radical (unpaired) electrons. The minimum atomic E-state index is 0.610. The normalized spacial score (nSPS) is 9.17. The molecule has 0 spiro atoms. The molecule has 64 valence electrons. The van der Waals surface area contributed by atoms with E-state index in [-0.39, 0.29) is 0 Å². The molecular formula is C8H10N2OS. The monoisotopic (exact) mass is 182 g/mol. The molecule has 0 saturated carbocycles. The van der Waals surface area contributed by atoms with Crippen molar-refractivity contribution in [1.82, 2.24) is 10.2 Å². The van der Waals surface area contributed by atoms with Gasteiger partial charge in [-0.1, -0.05) is 11.8 Å². The van der Waals surface area contributed by atoms with Crippen LogP contribution in [0, 0.1) is 18.8 Å². The Morgan fingerprint density at radius 2 is 2.33 bits per heavy atom. The lowest BCUT2D eigenvalue weighted by molar-refractivity contribution is 0.429. The molecular weight excluding hydrogens is 172 g/mol. The molecule has 0 fully saturated rings. The second-order valence-electron chi connectivity index (χ2n) is 2.11. The van der Waals surface area contributed by atoms with Crippen LogP contribution in [0.25, 0.3) is 0 Å². The summed E-state index contributed by atoms with van der Waals surface area (Å²) in [6, 6.07) is 0. The zero-order valence-corrected chi connectivity index (χ0v) is 7.94. The summed E-state index contributed by atoms with van der Waals surface area (Å²) < 4.78 is 5.16. The third-order valence-electron chi connectivity index (χ3n) is 1.14. The molecule has 0 N–H and O–H groups in total. The van der Waals surface area contributed by atoms with Gasteiger partial charge in [0.05, 0.1) is 0 Å². The van der Waals surface area contributed by atoms with Gasteiger partial charge in [0.25, 0.3) is 5.22 Å². The van der Waals surface area contributed by atoms with Gasteiger partial charge in [0.1, 0.15) is 0 Å². The van der Waals surface area contributed by atoms with Crippen LogP contribution in [0.5, 0.6) is 0 Å². The van der Waals surface area contributed by atoms with Crippen LogP contribution < -0.4 is 0 Å². The Kier molecular flexibility index (Phi) is 3.68. The third kappa shape index (κ3) is 2.97. The Balaban J connectivity index is 2.27. The second kappa shape index (κ2) is 4.83. The van der Waals surface area contributed by atoms with Crippen molar-refractivity contribution in [2.45, 2.75) is 25.5 Å². The first-order valence-electron chi connectivity index (χ1n) is 3.65. The quantitative estimate of drug-likeness (QED) is 0.406. The molecule has 1 heterocycles. The van der Waals surface area contributed by atoms with E-state index in [9.17, 15) is 0 Å². The van der Waals surface area contributed by atoms with E-state index in [0.717, 1.165) is 12.2 Å². The fraction of sp³-hybridized carbons (Fsp3) is 0.500. The molecule has 4 heteroatoms. The molecule has 0 aliphatic rings. The number of aryl methyl sites for hydroxylation is 1. The summed E-state index contributed by atoms with van der Waals surface area (Å²) in [6.45, 7) is 3.62. The molecule has 0 atom stereocenters. The van der Waals surface area contributed by atoms with Crippen molar-refractivity contribution >= 4 is 11.8 Å². The summed E-state index contributed by atoms with van der Waals surface area (Å²) in [5.41, 5.74) is 0. The highest BCUT2D eigenvalue weighted by Gasteiger charge is 2.00. The van der Waals surface area contributed by atoms with Crippen molar-refractivity contribution in [3.05, 3.63) is 5.89 Å². The molecule has 1 aromatic rings. The number of rotatable bonds is 3. The molecule has 1 rings (SSSR count). The predicted octanol–water partition coefficient (Wildman–Crippen LogP) is 1.88. The van der Waals surface area contributed by atoms with Gasteiger partial charge in [-0.3, -0.25) is 0 Å². The summed E-state index contributed by atoms with van der Waals surface area (Å²) >= 11 is 1.54. The lowest BCUT2D eigenvalue weighted by Gasteiger charge is -1.88. The summed E-state index contributed by atoms with van der Waals surface area (Å²) in [5, 5.41) is 8.18. The van der Waals surface area contributed by atoms with Crippen molar-refractivity contribution in [3.8, 4) is 11.8 Å². The maximum Gasteiger partial charge on any atom is 0.276 e. The molecule has 0 aliphatic heterocycles. The van der Waals surface area contributed by atoms with Crippen LogP contribution in [0.2, 0.25) is 0 Å². The Hall–Kier alpha value is -0.950. The second-order valence-corrected chi connectivity index (χ2v) is 3.16. The average Bonchev–Trinajstić information content (AvgIpc) is 2.45. The first-order chi connectivity index (χ1) is 5.83. The maximum atomic E-state index is 5.16. The van der Waals surface area contributed by atoms with Gasteiger partial charge in [0.2, 0.25) is 5.89 Å². The van der Waals surface area contributed by atoms with Gasteiger partial charge < -0.3 is 4.42 Å². The number of hydrogen-bond donors (Lipinski definition) is 0. The highest BCUT2D eigenvalue weighted by atomic mass is 32.2. The Bertz CT molecular complexity index is 297. The highest BCUT2D eigenvalue weighted by molar-refractivity contribution is 7.99. The summed E-state index contributed by atoms with van der Waals surface area (Å²) in [6.07, 6.45) is 0.864. The van der Waals surface area contributed by atoms with Gasteiger partial charge in [-0.15, -0.1) is 22.0 Å².